The molecule has 1 aliphatic heterocycles. The topological polar surface area (TPSA) is 55.1 Å². The van der Waals surface area contributed by atoms with Crippen molar-refractivity contribution in [3.05, 3.63) is 69.2 Å². The number of nitrogens with two attached hydrogens (primary N) is 1. The summed E-state index contributed by atoms with van der Waals surface area (Å²) in [6, 6.07) is 15.0. The van der Waals surface area contributed by atoms with Crippen molar-refractivity contribution in [1.29, 1.82) is 0 Å². The monoisotopic (exact) mass is 430 g/mol. The maximum absolute atomic E-state index is 10.5. The number of carbonyl (C=O) groups excluding carboxylic acids is 1. The highest BCUT2D eigenvalue weighted by Gasteiger charge is 2.51. The molecule has 1 amide bonds. The summed E-state index contributed by atoms with van der Waals surface area (Å²) in [7, 11) is 0. The quantitative estimate of drug-likeness (QED) is 0.699. The minimum Gasteiger partial charge on any atom is -0.369 e. The van der Waals surface area contributed by atoms with E-state index in [0.717, 1.165) is 17.5 Å². The van der Waals surface area contributed by atoms with Crippen molar-refractivity contribution in [1.82, 2.24) is 5.32 Å². The van der Waals surface area contributed by atoms with Crippen LogP contribution in [-0.4, -0.2) is 18.5 Å². The van der Waals surface area contributed by atoms with Gasteiger partial charge in [-0.25, -0.2) is 0 Å². The lowest BCUT2D eigenvalue weighted by Gasteiger charge is -2.56. The predicted molar refractivity (Wildman–Crippen MR) is 120 cm³/mol. The van der Waals surface area contributed by atoms with Gasteiger partial charge in [-0.1, -0.05) is 66.4 Å². The second kappa shape index (κ2) is 8.67. The fourth-order valence-corrected chi connectivity index (χ4v) is 6.06. The van der Waals surface area contributed by atoms with Crippen molar-refractivity contribution in [3.8, 4) is 0 Å². The van der Waals surface area contributed by atoms with Crippen molar-refractivity contribution in [2.24, 2.45) is 11.7 Å². The van der Waals surface area contributed by atoms with E-state index in [9.17, 15) is 4.79 Å². The fourth-order valence-electron chi connectivity index (χ4n) is 5.74. The van der Waals surface area contributed by atoms with Crippen molar-refractivity contribution < 1.29 is 4.79 Å². The zero-order chi connectivity index (χ0) is 20.4. The van der Waals surface area contributed by atoms with Gasteiger partial charge in [-0.15, -0.1) is 0 Å². The third-order valence-electron chi connectivity index (χ3n) is 6.92. The molecule has 2 aliphatic carbocycles. The largest absolute Gasteiger partial charge is 0.369 e. The SMILES string of the molecule is NC(=O)Cc1ccc(Cl)c(Cl)c1.c1ccc2c(c1)C[C@H]1NCC[C@@]23CCCC[C@@H]13. The Morgan fingerprint density at radius 3 is 2.72 bits per heavy atom. The Kier molecular flexibility index (Phi) is 6.19. The molecule has 3 nitrogen and oxygen atoms in total. The Morgan fingerprint density at radius 2 is 1.93 bits per heavy atom. The number of piperidine rings is 1. The summed E-state index contributed by atoms with van der Waals surface area (Å²) >= 11 is 11.4. The number of benzene rings is 2. The highest BCUT2D eigenvalue weighted by Crippen LogP contribution is 2.53. The van der Waals surface area contributed by atoms with E-state index in [-0.39, 0.29) is 12.3 Å². The van der Waals surface area contributed by atoms with Crippen LogP contribution in [0.15, 0.2) is 42.5 Å². The van der Waals surface area contributed by atoms with E-state index in [1.807, 2.05) is 0 Å². The molecule has 2 fully saturated rings. The fraction of sp³-hybridized carbons (Fsp3) is 0.458. The molecule has 2 bridgehead atoms. The van der Waals surface area contributed by atoms with Gasteiger partial charge >= 0.3 is 0 Å². The van der Waals surface area contributed by atoms with E-state index < -0.39 is 0 Å². The predicted octanol–water partition coefficient (Wildman–Crippen LogP) is 5.05. The summed E-state index contributed by atoms with van der Waals surface area (Å²) in [5.41, 5.74) is 9.66. The Labute approximate surface area is 183 Å². The highest BCUT2D eigenvalue weighted by molar-refractivity contribution is 6.42. The number of hydrogen-bond acceptors (Lipinski definition) is 2. The second-order valence-electron chi connectivity index (χ2n) is 8.57. The van der Waals surface area contributed by atoms with Crippen LogP contribution in [0.4, 0.5) is 0 Å². The van der Waals surface area contributed by atoms with Crippen molar-refractivity contribution >= 4 is 29.1 Å². The van der Waals surface area contributed by atoms with Gasteiger partial charge in [-0.2, -0.15) is 0 Å². The van der Waals surface area contributed by atoms with E-state index >= 15 is 0 Å². The molecule has 3 N–H and O–H groups in total. The summed E-state index contributed by atoms with van der Waals surface area (Å²) in [4.78, 5) is 10.5. The molecule has 1 heterocycles. The molecule has 3 aliphatic rings. The first kappa shape index (κ1) is 20.7. The number of amides is 1. The van der Waals surface area contributed by atoms with E-state index in [0.29, 0.717) is 15.5 Å². The van der Waals surface area contributed by atoms with Gasteiger partial charge in [0.25, 0.3) is 0 Å². The van der Waals surface area contributed by atoms with Crippen LogP contribution in [0.25, 0.3) is 0 Å². The molecule has 29 heavy (non-hydrogen) atoms. The molecular formula is C24H28Cl2N2O. The van der Waals surface area contributed by atoms with Crippen LogP contribution in [0.1, 0.15) is 48.8 Å². The van der Waals surface area contributed by atoms with Crippen molar-refractivity contribution in [3.63, 3.8) is 0 Å². The van der Waals surface area contributed by atoms with Gasteiger partial charge < -0.3 is 11.1 Å². The van der Waals surface area contributed by atoms with Crippen LogP contribution in [0.3, 0.4) is 0 Å². The third-order valence-corrected chi connectivity index (χ3v) is 7.66. The van der Waals surface area contributed by atoms with E-state index in [2.05, 4.69) is 29.6 Å². The Hall–Kier alpha value is -1.55. The number of primary amides is 1. The number of fused-ring (bicyclic) bond motifs is 1. The minimum absolute atomic E-state index is 0.191. The van der Waals surface area contributed by atoms with Gasteiger partial charge in [0.2, 0.25) is 5.91 Å². The highest BCUT2D eigenvalue weighted by atomic mass is 35.5. The van der Waals surface area contributed by atoms with Gasteiger partial charge in [0, 0.05) is 11.5 Å². The Bertz CT molecular complexity index is 896. The lowest BCUT2D eigenvalue weighted by molar-refractivity contribution is -0.117. The minimum atomic E-state index is -0.381. The summed E-state index contributed by atoms with van der Waals surface area (Å²) in [6.45, 7) is 1.23. The van der Waals surface area contributed by atoms with Gasteiger partial charge in [-0.05, 0) is 67.0 Å². The molecule has 0 aromatic heterocycles. The van der Waals surface area contributed by atoms with Crippen LogP contribution in [0.2, 0.25) is 10.0 Å². The van der Waals surface area contributed by atoms with Crippen LogP contribution in [0, 0.1) is 5.92 Å². The zero-order valence-corrected chi connectivity index (χ0v) is 18.1. The zero-order valence-electron chi connectivity index (χ0n) is 16.6. The number of nitrogens with one attached hydrogen (secondary N) is 1. The number of carbonyl (C=O) groups is 1. The Balaban J connectivity index is 0.000000152. The standard InChI is InChI=1S/C16H21N.C8H7Cl2NO/c1-2-6-13-12(5-1)11-15-14-7-3-4-8-16(13,14)9-10-17-15;9-6-2-1-5(3-7(6)10)4-8(11)12/h1-2,5-6,14-15,17H,3-4,7-11H2;1-3H,4H2,(H2,11,12)/t14-,15+,16-;/m0./s1. The van der Waals surface area contributed by atoms with Crippen LogP contribution >= 0.6 is 23.2 Å². The third kappa shape index (κ3) is 4.19. The summed E-state index contributed by atoms with van der Waals surface area (Å²) < 4.78 is 0. The number of halogens is 2. The van der Waals surface area contributed by atoms with E-state index in [1.165, 1.54) is 45.1 Å². The molecule has 0 spiro atoms. The lowest BCUT2D eigenvalue weighted by atomic mass is 9.53. The normalized spacial score (nSPS) is 27.1. The second-order valence-corrected chi connectivity index (χ2v) is 9.39. The molecular weight excluding hydrogens is 403 g/mol. The van der Waals surface area contributed by atoms with Gasteiger partial charge in [-0.3, -0.25) is 4.79 Å². The summed E-state index contributed by atoms with van der Waals surface area (Å²) in [6.07, 6.45) is 8.60. The average Bonchev–Trinajstić information content (AvgIpc) is 2.71. The number of rotatable bonds is 2. The molecule has 2 aromatic rings. The molecule has 5 heteroatoms. The smallest absolute Gasteiger partial charge is 0.221 e. The molecule has 0 radical (unpaired) electrons. The maximum atomic E-state index is 10.5. The van der Waals surface area contributed by atoms with Crippen LogP contribution in [0.5, 0.6) is 0 Å². The van der Waals surface area contributed by atoms with Crippen molar-refractivity contribution in [2.45, 2.75) is 56.4 Å². The molecule has 2 aromatic carbocycles. The van der Waals surface area contributed by atoms with Gasteiger partial charge in [0.15, 0.2) is 0 Å². The summed E-state index contributed by atoms with van der Waals surface area (Å²) in [5.74, 6) is 0.535. The first-order chi connectivity index (χ1) is 14.0. The first-order valence-corrected chi connectivity index (χ1v) is 11.3. The first-order valence-electron chi connectivity index (χ1n) is 10.5. The molecule has 1 saturated carbocycles. The van der Waals surface area contributed by atoms with Gasteiger partial charge in [0.05, 0.1) is 16.5 Å². The molecule has 0 unspecified atom stereocenters. The molecule has 5 rings (SSSR count). The molecule has 1 saturated heterocycles. The molecule has 154 valence electrons. The molecule has 3 atom stereocenters. The van der Waals surface area contributed by atoms with Crippen molar-refractivity contribution in [2.75, 3.05) is 6.54 Å². The Morgan fingerprint density at radius 1 is 1.10 bits per heavy atom. The summed E-state index contributed by atoms with van der Waals surface area (Å²) in [5, 5.41) is 4.70. The van der Waals surface area contributed by atoms with Crippen LogP contribution in [-0.2, 0) is 23.1 Å². The lowest BCUT2D eigenvalue weighted by Crippen LogP contribution is -2.59. The van der Waals surface area contributed by atoms with E-state index in [4.69, 9.17) is 28.9 Å². The number of hydrogen-bond donors (Lipinski definition) is 2. The average molecular weight is 431 g/mol. The van der Waals surface area contributed by atoms with E-state index in [1.54, 1.807) is 29.3 Å². The van der Waals surface area contributed by atoms with Crippen LogP contribution < -0.4 is 11.1 Å². The maximum Gasteiger partial charge on any atom is 0.221 e. The van der Waals surface area contributed by atoms with Gasteiger partial charge in [0.1, 0.15) is 0 Å².